The fraction of sp³-hybridized carbons (Fsp3) is 0.0769. The van der Waals surface area contributed by atoms with Crippen LogP contribution in [0.15, 0.2) is 48.2 Å². The second-order valence-corrected chi connectivity index (χ2v) is 4.69. The highest BCUT2D eigenvalue weighted by Gasteiger charge is 2.12. The number of fused-ring (bicyclic) bond motifs is 1. The molecule has 0 aliphatic heterocycles. The van der Waals surface area contributed by atoms with Gasteiger partial charge in [0.25, 0.3) is 0 Å². The van der Waals surface area contributed by atoms with Gasteiger partial charge >= 0.3 is 0 Å². The number of aromatic nitrogens is 2. The Balaban J connectivity index is 2.06. The van der Waals surface area contributed by atoms with Crippen molar-refractivity contribution in [3.8, 4) is 0 Å². The molecule has 17 heavy (non-hydrogen) atoms. The smallest absolute Gasteiger partial charge is 0.116 e. The Labute approximate surface area is 102 Å². The zero-order valence-electron chi connectivity index (χ0n) is 8.95. The van der Waals surface area contributed by atoms with E-state index in [4.69, 9.17) is 0 Å². The van der Waals surface area contributed by atoms with Gasteiger partial charge in [-0.25, -0.2) is 0 Å². The molecule has 3 rings (SSSR count). The first-order chi connectivity index (χ1) is 8.34. The molecular weight excluding hydrogens is 232 g/mol. The van der Waals surface area contributed by atoms with E-state index < -0.39 is 6.10 Å². The lowest BCUT2D eigenvalue weighted by Crippen LogP contribution is -1.98. The Kier molecular flexibility index (Phi) is 2.59. The molecule has 1 unspecified atom stereocenters. The number of hydrogen-bond acceptors (Lipinski definition) is 4. The normalized spacial score (nSPS) is 12.8. The molecule has 0 amide bonds. The first-order valence-corrected chi connectivity index (χ1v) is 6.14. The fourth-order valence-electron chi connectivity index (χ4n) is 1.76. The number of nitrogens with zero attached hydrogens (tertiary/aromatic N) is 2. The highest BCUT2D eigenvalue weighted by atomic mass is 32.1. The average molecular weight is 242 g/mol. The number of hydrogen-bond donors (Lipinski definition) is 1. The third kappa shape index (κ3) is 1.92. The van der Waals surface area contributed by atoms with Crippen LogP contribution in [0.3, 0.4) is 0 Å². The van der Waals surface area contributed by atoms with Crippen molar-refractivity contribution in [2.45, 2.75) is 6.10 Å². The molecule has 1 aromatic carbocycles. The maximum Gasteiger partial charge on any atom is 0.116 e. The van der Waals surface area contributed by atoms with E-state index in [9.17, 15) is 5.11 Å². The number of pyridine rings is 1. The highest BCUT2D eigenvalue weighted by molar-refractivity contribution is 7.09. The fourth-order valence-corrected chi connectivity index (χ4v) is 2.39. The van der Waals surface area contributed by atoms with Crippen molar-refractivity contribution in [3.05, 3.63) is 58.7 Å². The third-order valence-electron chi connectivity index (χ3n) is 2.65. The monoisotopic (exact) mass is 242 g/mol. The van der Waals surface area contributed by atoms with E-state index >= 15 is 0 Å². The van der Waals surface area contributed by atoms with E-state index in [0.29, 0.717) is 0 Å². The number of aliphatic hydroxyl groups excluding tert-OH is 1. The minimum absolute atomic E-state index is 0.639. The van der Waals surface area contributed by atoms with E-state index in [1.165, 1.54) is 11.3 Å². The summed E-state index contributed by atoms with van der Waals surface area (Å²) in [6, 6.07) is 9.83. The predicted octanol–water partition coefficient (Wildman–Crippen LogP) is 2.77. The lowest BCUT2D eigenvalue weighted by Gasteiger charge is -2.08. The molecule has 2 aromatic heterocycles. The molecule has 2 heterocycles. The van der Waals surface area contributed by atoms with Crippen LogP contribution in [0.25, 0.3) is 10.9 Å². The predicted molar refractivity (Wildman–Crippen MR) is 67.9 cm³/mol. The molecule has 0 saturated carbocycles. The Morgan fingerprint density at radius 1 is 1.18 bits per heavy atom. The summed E-state index contributed by atoms with van der Waals surface area (Å²) in [5.74, 6) is 0. The van der Waals surface area contributed by atoms with E-state index in [-0.39, 0.29) is 0 Å². The van der Waals surface area contributed by atoms with Crippen LogP contribution in [-0.4, -0.2) is 15.1 Å². The zero-order valence-corrected chi connectivity index (χ0v) is 9.76. The highest BCUT2D eigenvalue weighted by Crippen LogP contribution is 2.26. The Hall–Kier alpha value is -1.78. The van der Waals surface area contributed by atoms with Gasteiger partial charge < -0.3 is 5.11 Å². The molecular formula is C13H10N2OS. The SMILES string of the molecule is OC(c1cnc2ccccc2c1)c1cncs1. The van der Waals surface area contributed by atoms with Gasteiger partial charge in [-0.3, -0.25) is 9.97 Å². The number of aliphatic hydroxyl groups is 1. The Morgan fingerprint density at radius 2 is 2.06 bits per heavy atom. The quantitative estimate of drug-likeness (QED) is 0.751. The summed E-state index contributed by atoms with van der Waals surface area (Å²) in [5, 5.41) is 11.2. The summed E-state index contributed by atoms with van der Waals surface area (Å²) < 4.78 is 0. The van der Waals surface area contributed by atoms with Crippen LogP contribution in [0.2, 0.25) is 0 Å². The number of thiazole rings is 1. The number of rotatable bonds is 2. The molecule has 4 heteroatoms. The lowest BCUT2D eigenvalue weighted by atomic mass is 10.1. The topological polar surface area (TPSA) is 46.0 Å². The van der Waals surface area contributed by atoms with Gasteiger partial charge in [-0.05, 0) is 12.1 Å². The van der Waals surface area contributed by atoms with Gasteiger partial charge in [0.2, 0.25) is 0 Å². The molecule has 3 aromatic rings. The van der Waals surface area contributed by atoms with Crippen LogP contribution in [0.5, 0.6) is 0 Å². The van der Waals surface area contributed by atoms with Crippen LogP contribution < -0.4 is 0 Å². The molecule has 0 fully saturated rings. The van der Waals surface area contributed by atoms with E-state index in [1.54, 1.807) is 17.9 Å². The van der Waals surface area contributed by atoms with Crippen LogP contribution in [-0.2, 0) is 0 Å². The van der Waals surface area contributed by atoms with Crippen molar-refractivity contribution < 1.29 is 5.11 Å². The number of benzene rings is 1. The van der Waals surface area contributed by atoms with Gasteiger partial charge in [-0.1, -0.05) is 18.2 Å². The van der Waals surface area contributed by atoms with E-state index in [1.807, 2.05) is 30.3 Å². The van der Waals surface area contributed by atoms with Crippen LogP contribution in [0.1, 0.15) is 16.5 Å². The second-order valence-electron chi connectivity index (χ2n) is 3.77. The molecule has 0 spiro atoms. The molecule has 3 nitrogen and oxygen atoms in total. The molecule has 0 radical (unpaired) electrons. The van der Waals surface area contributed by atoms with Crippen molar-refractivity contribution in [1.29, 1.82) is 0 Å². The minimum atomic E-state index is -0.639. The first kappa shape index (κ1) is 10.4. The minimum Gasteiger partial charge on any atom is -0.383 e. The summed E-state index contributed by atoms with van der Waals surface area (Å²) >= 11 is 1.44. The van der Waals surface area contributed by atoms with Crippen molar-refractivity contribution in [2.75, 3.05) is 0 Å². The van der Waals surface area contributed by atoms with Crippen molar-refractivity contribution in [1.82, 2.24) is 9.97 Å². The largest absolute Gasteiger partial charge is 0.383 e. The first-order valence-electron chi connectivity index (χ1n) is 5.26. The van der Waals surface area contributed by atoms with E-state index in [2.05, 4.69) is 9.97 Å². The third-order valence-corrected chi connectivity index (χ3v) is 3.48. The van der Waals surface area contributed by atoms with Gasteiger partial charge in [0.15, 0.2) is 0 Å². The van der Waals surface area contributed by atoms with Gasteiger partial charge in [-0.2, -0.15) is 0 Å². The van der Waals surface area contributed by atoms with Gasteiger partial charge in [0.1, 0.15) is 6.10 Å². The van der Waals surface area contributed by atoms with Crippen LogP contribution in [0.4, 0.5) is 0 Å². The molecule has 0 saturated heterocycles. The summed E-state index contributed by atoms with van der Waals surface area (Å²) in [6.45, 7) is 0. The molecule has 1 atom stereocenters. The molecule has 84 valence electrons. The average Bonchev–Trinajstić information content (AvgIpc) is 2.91. The van der Waals surface area contributed by atoms with E-state index in [0.717, 1.165) is 21.3 Å². The summed E-state index contributed by atoms with van der Waals surface area (Å²) in [6.07, 6.45) is 2.76. The van der Waals surface area contributed by atoms with Gasteiger partial charge in [0.05, 0.1) is 15.9 Å². The van der Waals surface area contributed by atoms with Crippen molar-refractivity contribution in [2.24, 2.45) is 0 Å². The molecule has 1 N–H and O–H groups in total. The maximum atomic E-state index is 10.2. The summed E-state index contributed by atoms with van der Waals surface area (Å²) in [4.78, 5) is 9.14. The van der Waals surface area contributed by atoms with Crippen LogP contribution >= 0.6 is 11.3 Å². The molecule has 0 bridgehead atoms. The maximum absolute atomic E-state index is 10.2. The molecule has 0 aliphatic carbocycles. The lowest BCUT2D eigenvalue weighted by molar-refractivity contribution is 0.223. The number of para-hydroxylation sites is 1. The summed E-state index contributed by atoms with van der Waals surface area (Å²) in [7, 11) is 0. The van der Waals surface area contributed by atoms with Crippen molar-refractivity contribution >= 4 is 22.2 Å². The Morgan fingerprint density at radius 3 is 2.88 bits per heavy atom. The van der Waals surface area contributed by atoms with Gasteiger partial charge in [-0.15, -0.1) is 11.3 Å². The molecule has 0 aliphatic rings. The summed E-state index contributed by atoms with van der Waals surface area (Å²) in [5.41, 5.74) is 3.45. The standard InChI is InChI=1S/C13H10N2OS/c16-13(12-7-14-8-17-12)10-5-9-3-1-2-4-11(9)15-6-10/h1-8,13,16H. The second kappa shape index (κ2) is 4.24. The van der Waals surface area contributed by atoms with Gasteiger partial charge in [0, 0.05) is 23.3 Å². The van der Waals surface area contributed by atoms with Crippen LogP contribution in [0, 0.1) is 0 Å². The zero-order chi connectivity index (χ0) is 11.7. The Bertz CT molecular complexity index is 637. The van der Waals surface area contributed by atoms with Crippen molar-refractivity contribution in [3.63, 3.8) is 0 Å².